The summed E-state index contributed by atoms with van der Waals surface area (Å²) >= 11 is 0. The van der Waals surface area contributed by atoms with Crippen molar-refractivity contribution in [2.75, 3.05) is 6.54 Å². The van der Waals surface area contributed by atoms with E-state index in [4.69, 9.17) is 9.52 Å². The number of carboxylic acids is 1. The van der Waals surface area contributed by atoms with Crippen LogP contribution in [-0.2, 0) is 0 Å². The van der Waals surface area contributed by atoms with E-state index in [1.54, 1.807) is 17.0 Å². The van der Waals surface area contributed by atoms with E-state index in [2.05, 4.69) is 0 Å². The van der Waals surface area contributed by atoms with Gasteiger partial charge in [0.2, 0.25) is 0 Å². The van der Waals surface area contributed by atoms with Crippen molar-refractivity contribution in [3.05, 3.63) is 59.0 Å². The van der Waals surface area contributed by atoms with Gasteiger partial charge in [0.05, 0.1) is 11.6 Å². The molecule has 1 atom stereocenters. The molecule has 2 heterocycles. The molecule has 114 valence electrons. The molecule has 3 rings (SSSR count). The van der Waals surface area contributed by atoms with Crippen molar-refractivity contribution >= 4 is 11.9 Å². The Kier molecular flexibility index (Phi) is 3.71. The van der Waals surface area contributed by atoms with E-state index >= 15 is 0 Å². The number of likely N-dealkylation sites (tertiary alicyclic amines) is 1. The highest BCUT2D eigenvalue weighted by atomic mass is 16.4. The first-order valence-corrected chi connectivity index (χ1v) is 7.27. The number of aromatic carboxylic acids is 1. The number of carbonyl (C=O) groups excluding carboxylic acids is 1. The van der Waals surface area contributed by atoms with Crippen molar-refractivity contribution in [1.82, 2.24) is 4.90 Å². The summed E-state index contributed by atoms with van der Waals surface area (Å²) in [6.45, 7) is 2.53. The summed E-state index contributed by atoms with van der Waals surface area (Å²) < 4.78 is 5.66. The van der Waals surface area contributed by atoms with Crippen LogP contribution in [0, 0.1) is 6.92 Å². The summed E-state index contributed by atoms with van der Waals surface area (Å²) in [6.07, 6.45) is 1.77. The fourth-order valence-corrected chi connectivity index (χ4v) is 2.89. The van der Waals surface area contributed by atoms with Crippen LogP contribution in [0.1, 0.15) is 51.1 Å². The third-order valence-corrected chi connectivity index (χ3v) is 3.96. The second-order valence-corrected chi connectivity index (χ2v) is 5.49. The Morgan fingerprint density at radius 1 is 1.23 bits per heavy atom. The van der Waals surface area contributed by atoms with Crippen LogP contribution in [0.2, 0.25) is 0 Å². The first-order chi connectivity index (χ1) is 10.6. The zero-order chi connectivity index (χ0) is 15.7. The van der Waals surface area contributed by atoms with Crippen LogP contribution in [0.4, 0.5) is 0 Å². The van der Waals surface area contributed by atoms with Crippen LogP contribution < -0.4 is 0 Å². The summed E-state index contributed by atoms with van der Waals surface area (Å²) in [6, 6.07) is 9.87. The quantitative estimate of drug-likeness (QED) is 0.944. The van der Waals surface area contributed by atoms with Crippen molar-refractivity contribution in [3.63, 3.8) is 0 Å². The van der Waals surface area contributed by atoms with Crippen LogP contribution in [-0.4, -0.2) is 28.4 Å². The van der Waals surface area contributed by atoms with Crippen molar-refractivity contribution < 1.29 is 19.1 Å². The Morgan fingerprint density at radius 3 is 2.68 bits per heavy atom. The van der Waals surface area contributed by atoms with Crippen molar-refractivity contribution in [3.8, 4) is 0 Å². The van der Waals surface area contributed by atoms with E-state index in [1.807, 2.05) is 19.1 Å². The van der Waals surface area contributed by atoms with Crippen LogP contribution in [0.15, 0.2) is 40.8 Å². The first kappa shape index (κ1) is 14.4. The molecule has 0 radical (unpaired) electrons. The number of furan rings is 1. The first-order valence-electron chi connectivity index (χ1n) is 7.27. The minimum Gasteiger partial charge on any atom is -0.478 e. The van der Waals surface area contributed by atoms with Gasteiger partial charge in [-0.1, -0.05) is 6.07 Å². The number of rotatable bonds is 3. The Labute approximate surface area is 128 Å². The molecule has 1 unspecified atom stereocenters. The fourth-order valence-electron chi connectivity index (χ4n) is 2.89. The minimum absolute atomic E-state index is 0.0744. The van der Waals surface area contributed by atoms with Gasteiger partial charge in [-0.05, 0) is 50.1 Å². The second-order valence-electron chi connectivity index (χ2n) is 5.49. The van der Waals surface area contributed by atoms with Gasteiger partial charge in [0.15, 0.2) is 0 Å². The van der Waals surface area contributed by atoms with Gasteiger partial charge in [-0.25, -0.2) is 4.79 Å². The number of benzene rings is 1. The zero-order valence-electron chi connectivity index (χ0n) is 12.3. The van der Waals surface area contributed by atoms with E-state index in [9.17, 15) is 9.59 Å². The SMILES string of the molecule is Cc1ccc(C2CCCN2C(=O)c2cccc(C(=O)O)c2)o1. The summed E-state index contributed by atoms with van der Waals surface area (Å²) in [5, 5.41) is 9.05. The Bertz CT molecular complexity index is 719. The maximum absolute atomic E-state index is 12.7. The Balaban J connectivity index is 1.87. The lowest BCUT2D eigenvalue weighted by atomic mass is 10.1. The van der Waals surface area contributed by atoms with E-state index in [1.165, 1.54) is 12.1 Å². The minimum atomic E-state index is -1.03. The molecule has 1 fully saturated rings. The molecular weight excluding hydrogens is 282 g/mol. The molecular formula is C17H17NO4. The predicted octanol–water partition coefficient (Wildman–Crippen LogP) is 3.26. The summed E-state index contributed by atoms with van der Waals surface area (Å²) in [4.78, 5) is 25.5. The van der Waals surface area contributed by atoms with Gasteiger partial charge in [-0.15, -0.1) is 0 Å². The van der Waals surface area contributed by atoms with E-state index in [0.717, 1.165) is 24.4 Å². The van der Waals surface area contributed by atoms with E-state index in [0.29, 0.717) is 12.1 Å². The standard InChI is InChI=1S/C17H17NO4/c1-11-7-8-15(22-11)14-6-3-9-18(14)16(19)12-4-2-5-13(10-12)17(20)21/h2,4-5,7-8,10,14H,3,6,9H2,1H3,(H,20,21). The lowest BCUT2D eigenvalue weighted by Crippen LogP contribution is -2.30. The van der Waals surface area contributed by atoms with Gasteiger partial charge in [-0.3, -0.25) is 4.79 Å². The van der Waals surface area contributed by atoms with Gasteiger partial charge < -0.3 is 14.4 Å². The summed E-state index contributed by atoms with van der Waals surface area (Å²) in [5.41, 5.74) is 0.519. The largest absolute Gasteiger partial charge is 0.478 e. The van der Waals surface area contributed by atoms with Crippen LogP contribution in [0.5, 0.6) is 0 Å². The molecule has 5 nitrogen and oxygen atoms in total. The van der Waals surface area contributed by atoms with Gasteiger partial charge in [0, 0.05) is 12.1 Å². The molecule has 1 aliphatic rings. The molecule has 1 saturated heterocycles. The number of aryl methyl sites for hydroxylation is 1. The average Bonchev–Trinajstić information content (AvgIpc) is 3.15. The van der Waals surface area contributed by atoms with E-state index < -0.39 is 5.97 Å². The molecule has 2 aromatic rings. The molecule has 0 saturated carbocycles. The molecule has 1 aromatic carbocycles. The van der Waals surface area contributed by atoms with Crippen molar-refractivity contribution in [2.24, 2.45) is 0 Å². The monoisotopic (exact) mass is 299 g/mol. The lowest BCUT2D eigenvalue weighted by Gasteiger charge is -2.23. The smallest absolute Gasteiger partial charge is 0.335 e. The zero-order valence-corrected chi connectivity index (χ0v) is 12.3. The molecule has 0 bridgehead atoms. The molecule has 1 aliphatic heterocycles. The number of carboxylic acid groups (broad SMARTS) is 1. The Morgan fingerprint density at radius 2 is 2.00 bits per heavy atom. The van der Waals surface area contributed by atoms with Gasteiger partial charge in [0.25, 0.3) is 5.91 Å². The van der Waals surface area contributed by atoms with Crippen LogP contribution in [0.3, 0.4) is 0 Å². The number of nitrogens with zero attached hydrogens (tertiary/aromatic N) is 1. The summed E-state index contributed by atoms with van der Waals surface area (Å²) in [7, 11) is 0. The van der Waals surface area contributed by atoms with Crippen molar-refractivity contribution in [1.29, 1.82) is 0 Å². The number of hydrogen-bond acceptors (Lipinski definition) is 3. The molecule has 5 heteroatoms. The van der Waals surface area contributed by atoms with E-state index in [-0.39, 0.29) is 17.5 Å². The molecule has 22 heavy (non-hydrogen) atoms. The highest BCUT2D eigenvalue weighted by molar-refractivity contribution is 5.97. The highest BCUT2D eigenvalue weighted by Gasteiger charge is 2.32. The van der Waals surface area contributed by atoms with Gasteiger partial charge >= 0.3 is 5.97 Å². The number of hydrogen-bond donors (Lipinski definition) is 1. The van der Waals surface area contributed by atoms with Gasteiger partial charge in [0.1, 0.15) is 11.5 Å². The van der Waals surface area contributed by atoms with Crippen LogP contribution >= 0.6 is 0 Å². The molecule has 1 aromatic heterocycles. The lowest BCUT2D eigenvalue weighted by molar-refractivity contribution is 0.0697. The Hall–Kier alpha value is -2.56. The number of carbonyl (C=O) groups is 2. The third kappa shape index (κ3) is 2.62. The summed E-state index contributed by atoms with van der Waals surface area (Å²) in [5.74, 6) is 0.425. The maximum Gasteiger partial charge on any atom is 0.335 e. The fraction of sp³-hybridized carbons (Fsp3) is 0.294. The van der Waals surface area contributed by atoms with Crippen LogP contribution in [0.25, 0.3) is 0 Å². The molecule has 1 N–H and O–H groups in total. The number of amides is 1. The predicted molar refractivity (Wildman–Crippen MR) is 79.9 cm³/mol. The molecule has 0 spiro atoms. The molecule has 1 amide bonds. The highest BCUT2D eigenvalue weighted by Crippen LogP contribution is 2.34. The van der Waals surface area contributed by atoms with Crippen molar-refractivity contribution in [2.45, 2.75) is 25.8 Å². The normalized spacial score (nSPS) is 17.7. The van der Waals surface area contributed by atoms with Gasteiger partial charge in [-0.2, -0.15) is 0 Å². The second kappa shape index (κ2) is 5.67. The topological polar surface area (TPSA) is 70.8 Å². The maximum atomic E-state index is 12.7. The molecule has 0 aliphatic carbocycles. The average molecular weight is 299 g/mol. The third-order valence-electron chi connectivity index (χ3n) is 3.96.